The molecule has 0 spiro atoms. The highest BCUT2D eigenvalue weighted by Crippen LogP contribution is 2.30. The number of ether oxygens (including phenoxy) is 1. The number of hydrogen-bond acceptors (Lipinski definition) is 5. The fourth-order valence-electron chi connectivity index (χ4n) is 1.79. The van der Waals surface area contributed by atoms with Crippen LogP contribution in [0.3, 0.4) is 0 Å². The molecule has 0 saturated heterocycles. The van der Waals surface area contributed by atoms with Gasteiger partial charge in [0.15, 0.2) is 5.16 Å². The Kier molecular flexibility index (Phi) is 5.12. The van der Waals surface area contributed by atoms with Crippen LogP contribution in [0.5, 0.6) is 5.75 Å². The lowest BCUT2D eigenvalue weighted by Crippen LogP contribution is -2.15. The van der Waals surface area contributed by atoms with Crippen LogP contribution < -0.4 is 10.3 Å². The Morgan fingerprint density at radius 3 is 2.82 bits per heavy atom. The highest BCUT2D eigenvalue weighted by atomic mass is 32.2. The van der Waals surface area contributed by atoms with E-state index in [1.807, 2.05) is 0 Å². The summed E-state index contributed by atoms with van der Waals surface area (Å²) in [6.45, 7) is -0.780. The van der Waals surface area contributed by atoms with Crippen molar-refractivity contribution in [3.8, 4) is 23.1 Å². The first-order valence-electron chi connectivity index (χ1n) is 6.15. The van der Waals surface area contributed by atoms with E-state index in [0.29, 0.717) is 10.7 Å². The number of nitrogens with one attached hydrogen (secondary N) is 1. The molecule has 0 fully saturated rings. The number of para-hydroxylation sites is 1. The zero-order chi connectivity index (χ0) is 16.1. The number of aromatic amines is 1. The van der Waals surface area contributed by atoms with E-state index < -0.39 is 18.6 Å². The van der Waals surface area contributed by atoms with Crippen LogP contribution in [-0.2, 0) is 0 Å². The summed E-state index contributed by atoms with van der Waals surface area (Å²) in [5, 5.41) is 9.48. The first-order valence-corrected chi connectivity index (χ1v) is 7.38. The van der Waals surface area contributed by atoms with Gasteiger partial charge in [0.05, 0.1) is 0 Å². The van der Waals surface area contributed by atoms with Crippen LogP contribution in [0.4, 0.5) is 8.78 Å². The van der Waals surface area contributed by atoms with Gasteiger partial charge in [0.1, 0.15) is 29.7 Å². The molecule has 0 bridgehead atoms. The van der Waals surface area contributed by atoms with Crippen LogP contribution in [0.25, 0.3) is 11.3 Å². The fraction of sp³-hybridized carbons (Fsp3) is 0.214. The molecule has 0 aliphatic carbocycles. The zero-order valence-corrected chi connectivity index (χ0v) is 12.3. The van der Waals surface area contributed by atoms with Gasteiger partial charge in [-0.25, -0.2) is 13.8 Å². The van der Waals surface area contributed by atoms with E-state index in [2.05, 4.69) is 9.97 Å². The first-order chi connectivity index (χ1) is 10.6. The van der Waals surface area contributed by atoms with Crippen molar-refractivity contribution in [1.82, 2.24) is 9.97 Å². The van der Waals surface area contributed by atoms with Gasteiger partial charge in [-0.15, -0.1) is 0 Å². The summed E-state index contributed by atoms with van der Waals surface area (Å²) in [5.74, 6) is 0.143. The topological polar surface area (TPSA) is 78.8 Å². The molecule has 22 heavy (non-hydrogen) atoms. The molecule has 0 unspecified atom stereocenters. The molecular formula is C14H11F2N3O2S. The second-order valence-electron chi connectivity index (χ2n) is 4.11. The van der Waals surface area contributed by atoms with E-state index in [0.717, 1.165) is 0 Å². The number of rotatable bonds is 5. The second-order valence-corrected chi connectivity index (χ2v) is 4.90. The maximum Gasteiger partial charge on any atom is 0.272 e. The minimum atomic E-state index is -2.63. The molecule has 0 aliphatic rings. The molecule has 0 saturated carbocycles. The Hall–Kier alpha value is -2.40. The Bertz CT molecular complexity index is 771. The van der Waals surface area contributed by atoms with Crippen LogP contribution in [0, 0.1) is 11.3 Å². The van der Waals surface area contributed by atoms with Gasteiger partial charge >= 0.3 is 0 Å². The normalized spacial score (nSPS) is 10.5. The smallest absolute Gasteiger partial charge is 0.272 e. The predicted molar refractivity (Wildman–Crippen MR) is 78.3 cm³/mol. The Morgan fingerprint density at radius 1 is 1.45 bits per heavy atom. The molecular weight excluding hydrogens is 312 g/mol. The van der Waals surface area contributed by atoms with Crippen molar-refractivity contribution in [3.05, 3.63) is 40.2 Å². The van der Waals surface area contributed by atoms with Gasteiger partial charge in [-0.1, -0.05) is 23.9 Å². The number of benzene rings is 1. The summed E-state index contributed by atoms with van der Waals surface area (Å²) < 4.78 is 29.7. The van der Waals surface area contributed by atoms with Crippen LogP contribution in [0.1, 0.15) is 5.56 Å². The van der Waals surface area contributed by atoms with Gasteiger partial charge < -0.3 is 9.72 Å². The number of nitriles is 1. The molecule has 0 amide bonds. The Balaban J connectivity index is 2.59. The van der Waals surface area contributed by atoms with E-state index >= 15 is 0 Å². The molecule has 0 radical (unpaired) electrons. The van der Waals surface area contributed by atoms with Crippen LogP contribution in [0.2, 0.25) is 0 Å². The lowest BCUT2D eigenvalue weighted by molar-refractivity contribution is 0.0822. The van der Waals surface area contributed by atoms with Gasteiger partial charge in [0.25, 0.3) is 12.0 Å². The van der Waals surface area contributed by atoms with Gasteiger partial charge in [0.2, 0.25) is 0 Å². The summed E-state index contributed by atoms with van der Waals surface area (Å²) >= 11 is 1.20. The molecule has 0 atom stereocenters. The second kappa shape index (κ2) is 7.04. The molecule has 1 N–H and O–H groups in total. The third kappa shape index (κ3) is 3.43. The van der Waals surface area contributed by atoms with Crippen LogP contribution in [-0.4, -0.2) is 29.3 Å². The number of halogens is 2. The van der Waals surface area contributed by atoms with Crippen molar-refractivity contribution in [2.75, 3.05) is 12.9 Å². The Labute approximate surface area is 129 Å². The predicted octanol–water partition coefficient (Wildman–Crippen LogP) is 2.67. The zero-order valence-electron chi connectivity index (χ0n) is 11.5. The lowest BCUT2D eigenvalue weighted by atomic mass is 10.1. The molecule has 2 aromatic rings. The van der Waals surface area contributed by atoms with E-state index in [-0.39, 0.29) is 17.0 Å². The average molecular weight is 323 g/mol. The van der Waals surface area contributed by atoms with Gasteiger partial charge in [-0.05, 0) is 18.4 Å². The third-order valence-corrected chi connectivity index (χ3v) is 3.29. The van der Waals surface area contributed by atoms with Crippen LogP contribution >= 0.6 is 11.8 Å². The SMILES string of the molecule is CSc1nc(-c2ccccc2OCC(F)F)c(C#N)c(=O)[nH]1. The molecule has 1 aromatic heterocycles. The molecule has 2 rings (SSSR count). The summed E-state index contributed by atoms with van der Waals surface area (Å²) in [6, 6.07) is 8.09. The van der Waals surface area contributed by atoms with E-state index in [9.17, 15) is 13.6 Å². The lowest BCUT2D eigenvalue weighted by Gasteiger charge is -2.12. The minimum Gasteiger partial charge on any atom is -0.487 e. The molecule has 8 heteroatoms. The summed E-state index contributed by atoms with van der Waals surface area (Å²) in [4.78, 5) is 18.6. The quantitative estimate of drug-likeness (QED) is 0.676. The molecule has 5 nitrogen and oxygen atoms in total. The van der Waals surface area contributed by atoms with Gasteiger partial charge in [-0.2, -0.15) is 5.26 Å². The van der Waals surface area contributed by atoms with Crippen molar-refractivity contribution in [2.24, 2.45) is 0 Å². The summed E-state index contributed by atoms with van der Waals surface area (Å²) in [7, 11) is 0. The fourth-order valence-corrected chi connectivity index (χ4v) is 2.17. The largest absolute Gasteiger partial charge is 0.487 e. The summed E-state index contributed by atoms with van der Waals surface area (Å²) in [6.07, 6.45) is -0.912. The standard InChI is InChI=1S/C14H11F2N3O2S/c1-22-14-18-12(9(6-17)13(20)19-14)8-4-2-3-5-10(8)21-7-11(15)16/h2-5,11H,7H2,1H3,(H,18,19,20). The minimum absolute atomic E-state index is 0.112. The van der Waals surface area contributed by atoms with Crippen molar-refractivity contribution in [2.45, 2.75) is 11.6 Å². The van der Waals surface area contributed by atoms with Crippen LogP contribution in [0.15, 0.2) is 34.2 Å². The highest BCUT2D eigenvalue weighted by molar-refractivity contribution is 7.98. The number of aromatic nitrogens is 2. The van der Waals surface area contributed by atoms with E-state index in [1.54, 1.807) is 30.5 Å². The number of alkyl halides is 2. The third-order valence-electron chi connectivity index (χ3n) is 2.71. The monoisotopic (exact) mass is 323 g/mol. The number of hydrogen-bond donors (Lipinski definition) is 1. The van der Waals surface area contributed by atoms with E-state index in [1.165, 1.54) is 17.8 Å². The maximum atomic E-state index is 12.3. The van der Waals surface area contributed by atoms with Crippen molar-refractivity contribution < 1.29 is 13.5 Å². The van der Waals surface area contributed by atoms with Gasteiger partial charge in [0, 0.05) is 5.56 Å². The highest BCUT2D eigenvalue weighted by Gasteiger charge is 2.17. The molecule has 1 heterocycles. The number of thioether (sulfide) groups is 1. The molecule has 114 valence electrons. The average Bonchev–Trinajstić information content (AvgIpc) is 2.52. The van der Waals surface area contributed by atoms with Crippen molar-refractivity contribution in [3.63, 3.8) is 0 Å². The van der Waals surface area contributed by atoms with Gasteiger partial charge in [-0.3, -0.25) is 4.79 Å². The van der Waals surface area contributed by atoms with Crippen molar-refractivity contribution in [1.29, 1.82) is 5.26 Å². The van der Waals surface area contributed by atoms with E-state index in [4.69, 9.17) is 10.00 Å². The molecule has 1 aromatic carbocycles. The summed E-state index contributed by atoms with van der Waals surface area (Å²) in [5.41, 5.74) is -0.340. The number of nitrogens with zero attached hydrogens (tertiary/aromatic N) is 2. The first kappa shape index (κ1) is 16.0. The van der Waals surface area contributed by atoms with Crippen molar-refractivity contribution >= 4 is 11.8 Å². The number of H-pyrrole nitrogens is 1. The Morgan fingerprint density at radius 2 is 2.18 bits per heavy atom. The maximum absolute atomic E-state index is 12.3. The molecule has 0 aliphatic heterocycles.